The molecule has 1 aliphatic rings. The first-order valence-electron chi connectivity index (χ1n) is 8.18. The summed E-state index contributed by atoms with van der Waals surface area (Å²) in [5.41, 5.74) is -0.337. The summed E-state index contributed by atoms with van der Waals surface area (Å²) in [6.45, 7) is 2.94. The molecule has 136 valence electrons. The van der Waals surface area contributed by atoms with E-state index in [4.69, 9.17) is 4.74 Å². The number of carbonyl (C=O) groups is 3. The van der Waals surface area contributed by atoms with Crippen molar-refractivity contribution in [3.05, 3.63) is 28.2 Å². The van der Waals surface area contributed by atoms with Gasteiger partial charge in [-0.2, -0.15) is 5.10 Å². The van der Waals surface area contributed by atoms with Gasteiger partial charge in [-0.15, -0.1) is 0 Å². The maximum atomic E-state index is 12.3. The number of likely N-dealkylation sites (N-methyl/N-ethyl adjacent to an activating group) is 1. The molecule has 25 heavy (non-hydrogen) atoms. The second kappa shape index (κ2) is 8.41. The van der Waals surface area contributed by atoms with E-state index in [1.807, 2.05) is 0 Å². The summed E-state index contributed by atoms with van der Waals surface area (Å²) in [5.74, 6) is -1.03. The highest BCUT2D eigenvalue weighted by atomic mass is 16.5. The molecule has 0 spiro atoms. The van der Waals surface area contributed by atoms with Crippen LogP contribution in [0.3, 0.4) is 0 Å². The van der Waals surface area contributed by atoms with E-state index in [1.165, 1.54) is 24.1 Å². The van der Waals surface area contributed by atoms with Crippen molar-refractivity contribution >= 4 is 17.8 Å². The molecule has 1 aromatic rings. The third kappa shape index (κ3) is 4.88. The quantitative estimate of drug-likeness (QED) is 0.726. The average molecular weight is 350 g/mol. The van der Waals surface area contributed by atoms with E-state index in [9.17, 15) is 19.2 Å². The van der Waals surface area contributed by atoms with Crippen LogP contribution in [0, 0.1) is 5.92 Å². The van der Waals surface area contributed by atoms with Crippen LogP contribution in [0.2, 0.25) is 0 Å². The van der Waals surface area contributed by atoms with Gasteiger partial charge in [0.25, 0.3) is 11.5 Å². The second-order valence-electron chi connectivity index (χ2n) is 5.87. The Kier molecular flexibility index (Phi) is 6.26. The van der Waals surface area contributed by atoms with Crippen LogP contribution in [0.15, 0.2) is 16.9 Å². The van der Waals surface area contributed by atoms with E-state index in [0.29, 0.717) is 32.5 Å². The van der Waals surface area contributed by atoms with Gasteiger partial charge in [-0.1, -0.05) is 0 Å². The van der Waals surface area contributed by atoms with Crippen LogP contribution in [-0.4, -0.2) is 71.1 Å². The third-order valence-corrected chi connectivity index (χ3v) is 4.08. The van der Waals surface area contributed by atoms with Crippen LogP contribution >= 0.6 is 0 Å². The Bertz CT molecular complexity index is 674. The molecule has 1 saturated heterocycles. The third-order valence-electron chi connectivity index (χ3n) is 4.08. The lowest BCUT2D eigenvalue weighted by atomic mass is 9.97. The molecular weight excluding hydrogens is 328 g/mol. The maximum Gasteiger partial charge on any atom is 0.309 e. The molecule has 0 aliphatic carbocycles. The standard InChI is InChI=1S/C16H22N4O5/c1-3-25-16(24)11-6-8-20(9-7-11)14(22)10-19(2)15(23)12-4-5-13(21)18-17-12/h4-5,11H,3,6-10H2,1-2H3,(H,18,21). The first kappa shape index (κ1) is 18.6. The Morgan fingerprint density at radius 2 is 2.00 bits per heavy atom. The van der Waals surface area contributed by atoms with Gasteiger partial charge in [-0.05, 0) is 25.8 Å². The van der Waals surface area contributed by atoms with Crippen LogP contribution in [0.25, 0.3) is 0 Å². The highest BCUT2D eigenvalue weighted by Crippen LogP contribution is 2.19. The average Bonchev–Trinajstić information content (AvgIpc) is 2.62. The van der Waals surface area contributed by atoms with Gasteiger partial charge in [0.2, 0.25) is 5.91 Å². The fourth-order valence-electron chi connectivity index (χ4n) is 2.66. The van der Waals surface area contributed by atoms with E-state index in [1.54, 1.807) is 11.8 Å². The summed E-state index contributed by atoms with van der Waals surface area (Å²) < 4.78 is 5.00. The van der Waals surface area contributed by atoms with Gasteiger partial charge >= 0.3 is 5.97 Å². The number of carbonyl (C=O) groups excluding carboxylic acids is 3. The minimum Gasteiger partial charge on any atom is -0.466 e. The first-order valence-corrected chi connectivity index (χ1v) is 8.18. The predicted molar refractivity (Wildman–Crippen MR) is 87.8 cm³/mol. The molecule has 0 radical (unpaired) electrons. The number of likely N-dealkylation sites (tertiary alicyclic amines) is 1. The highest BCUT2D eigenvalue weighted by molar-refractivity contribution is 5.94. The molecule has 2 amide bonds. The zero-order valence-corrected chi connectivity index (χ0v) is 14.4. The Balaban J connectivity index is 1.85. The van der Waals surface area contributed by atoms with Gasteiger partial charge in [-0.25, -0.2) is 5.10 Å². The lowest BCUT2D eigenvalue weighted by Crippen LogP contribution is -2.45. The number of hydrogen-bond acceptors (Lipinski definition) is 6. The lowest BCUT2D eigenvalue weighted by Gasteiger charge is -2.32. The number of esters is 1. The molecular formula is C16H22N4O5. The molecule has 2 heterocycles. The highest BCUT2D eigenvalue weighted by Gasteiger charge is 2.29. The van der Waals surface area contributed by atoms with Gasteiger partial charge in [-0.3, -0.25) is 19.2 Å². The van der Waals surface area contributed by atoms with E-state index in [-0.39, 0.29) is 30.0 Å². The van der Waals surface area contributed by atoms with Crippen molar-refractivity contribution < 1.29 is 19.1 Å². The second-order valence-corrected chi connectivity index (χ2v) is 5.87. The summed E-state index contributed by atoms with van der Waals surface area (Å²) in [4.78, 5) is 50.1. The number of aromatic amines is 1. The number of rotatable bonds is 5. The van der Waals surface area contributed by atoms with Crippen molar-refractivity contribution in [2.45, 2.75) is 19.8 Å². The topological polar surface area (TPSA) is 113 Å². The van der Waals surface area contributed by atoms with Crippen molar-refractivity contribution in [2.75, 3.05) is 33.3 Å². The zero-order chi connectivity index (χ0) is 18.4. The molecule has 0 saturated carbocycles. The zero-order valence-electron chi connectivity index (χ0n) is 14.4. The van der Waals surface area contributed by atoms with Crippen LogP contribution < -0.4 is 5.56 Å². The summed E-state index contributed by atoms with van der Waals surface area (Å²) in [5, 5.41) is 5.85. The summed E-state index contributed by atoms with van der Waals surface area (Å²) in [6.07, 6.45) is 1.12. The van der Waals surface area contributed by atoms with Crippen LogP contribution in [0.4, 0.5) is 0 Å². The molecule has 1 aromatic heterocycles. The van der Waals surface area contributed by atoms with Gasteiger partial charge in [0.05, 0.1) is 19.1 Å². The molecule has 1 N–H and O–H groups in total. The van der Waals surface area contributed by atoms with Crippen molar-refractivity contribution in [1.29, 1.82) is 0 Å². The molecule has 0 bridgehead atoms. The van der Waals surface area contributed by atoms with Gasteiger partial charge in [0.1, 0.15) is 5.69 Å². The van der Waals surface area contributed by atoms with E-state index < -0.39 is 11.5 Å². The van der Waals surface area contributed by atoms with Crippen LogP contribution in [0.5, 0.6) is 0 Å². The predicted octanol–water partition coefficient (Wildman–Crippen LogP) is -0.356. The molecule has 9 heteroatoms. The molecule has 1 aliphatic heterocycles. The number of H-pyrrole nitrogens is 1. The first-order chi connectivity index (χ1) is 11.9. The minimum atomic E-state index is -0.453. The van der Waals surface area contributed by atoms with E-state index in [2.05, 4.69) is 10.2 Å². The fraction of sp³-hybridized carbons (Fsp3) is 0.562. The Labute approximate surface area is 144 Å². The Morgan fingerprint density at radius 1 is 1.32 bits per heavy atom. The maximum absolute atomic E-state index is 12.3. The SMILES string of the molecule is CCOC(=O)C1CCN(C(=O)CN(C)C(=O)c2ccc(=O)[nH]n2)CC1. The number of amides is 2. The summed E-state index contributed by atoms with van der Waals surface area (Å²) >= 11 is 0. The monoisotopic (exact) mass is 350 g/mol. The molecule has 9 nitrogen and oxygen atoms in total. The number of ether oxygens (including phenoxy) is 1. The van der Waals surface area contributed by atoms with Gasteiger partial charge < -0.3 is 14.5 Å². The van der Waals surface area contributed by atoms with E-state index >= 15 is 0 Å². The van der Waals surface area contributed by atoms with Crippen molar-refractivity contribution in [3.8, 4) is 0 Å². The molecule has 2 rings (SSSR count). The smallest absolute Gasteiger partial charge is 0.309 e. The molecule has 1 fully saturated rings. The molecule has 0 aromatic carbocycles. The normalized spacial score (nSPS) is 14.9. The van der Waals surface area contributed by atoms with Crippen LogP contribution in [0.1, 0.15) is 30.3 Å². The molecule has 0 atom stereocenters. The van der Waals surface area contributed by atoms with Gasteiger partial charge in [0, 0.05) is 26.2 Å². The number of piperidine rings is 1. The largest absolute Gasteiger partial charge is 0.466 e. The Morgan fingerprint density at radius 3 is 2.56 bits per heavy atom. The number of nitrogens with zero attached hydrogens (tertiary/aromatic N) is 3. The minimum absolute atomic E-state index is 0.0657. The summed E-state index contributed by atoms with van der Waals surface area (Å²) in [7, 11) is 1.50. The molecule has 0 unspecified atom stereocenters. The van der Waals surface area contributed by atoms with Crippen molar-refractivity contribution in [3.63, 3.8) is 0 Å². The summed E-state index contributed by atoms with van der Waals surface area (Å²) in [6, 6.07) is 2.52. The number of aromatic nitrogens is 2. The number of nitrogens with one attached hydrogen (secondary N) is 1. The fourth-order valence-corrected chi connectivity index (χ4v) is 2.66. The van der Waals surface area contributed by atoms with Crippen molar-refractivity contribution in [1.82, 2.24) is 20.0 Å². The number of hydrogen-bond donors (Lipinski definition) is 1. The lowest BCUT2D eigenvalue weighted by molar-refractivity contribution is -0.151. The van der Waals surface area contributed by atoms with Crippen LogP contribution in [-0.2, 0) is 14.3 Å². The van der Waals surface area contributed by atoms with Gasteiger partial charge in [0.15, 0.2) is 0 Å². The Hall–Kier alpha value is -2.71. The van der Waals surface area contributed by atoms with Crippen molar-refractivity contribution in [2.24, 2.45) is 5.92 Å². The van der Waals surface area contributed by atoms with E-state index in [0.717, 1.165) is 0 Å².